The number of fused-ring (bicyclic) bond motifs is 1. The van der Waals surface area contributed by atoms with Gasteiger partial charge in [-0.2, -0.15) is 13.2 Å². The van der Waals surface area contributed by atoms with Crippen LogP contribution in [0.15, 0.2) is 53.8 Å². The van der Waals surface area contributed by atoms with E-state index in [0.717, 1.165) is 21.9 Å². The standard InChI is InChI=1S/C29H32F4N6O2/c1-18(37-9-7-21(30)8-10-37)19-11-24(29(31,32)33)25-16-38(27(40)39(25)15-19)22-6-4-5-20(12-22)28(13-23(14-28)41-3)26-35-34-17-36(26)2/h4-6,11-12,15-18,21,23H,7-10,13-14H2,1-3H3/t18-,23-,28+/m1/s1. The van der Waals surface area contributed by atoms with E-state index in [0.29, 0.717) is 50.0 Å². The molecule has 1 saturated heterocycles. The summed E-state index contributed by atoms with van der Waals surface area (Å²) in [6.45, 7) is 2.69. The van der Waals surface area contributed by atoms with Crippen LogP contribution < -0.4 is 5.69 Å². The number of ether oxygens (including phenoxy) is 1. The molecule has 0 unspecified atom stereocenters. The highest BCUT2D eigenvalue weighted by Crippen LogP contribution is 2.49. The highest BCUT2D eigenvalue weighted by molar-refractivity contribution is 5.58. The van der Waals surface area contributed by atoms with Gasteiger partial charge in [-0.15, -0.1) is 10.2 Å². The first-order valence-electron chi connectivity index (χ1n) is 13.7. The van der Waals surface area contributed by atoms with Gasteiger partial charge in [0.05, 0.1) is 28.3 Å². The molecule has 0 N–H and O–H groups in total. The smallest absolute Gasteiger partial charge is 0.381 e. The molecule has 8 nitrogen and oxygen atoms in total. The molecular formula is C29H32F4N6O2. The van der Waals surface area contributed by atoms with Gasteiger partial charge in [0.2, 0.25) is 0 Å². The lowest BCUT2D eigenvalue weighted by Gasteiger charge is -2.46. The van der Waals surface area contributed by atoms with Crippen molar-refractivity contribution < 1.29 is 22.3 Å². The predicted molar refractivity (Wildman–Crippen MR) is 144 cm³/mol. The topological polar surface area (TPSA) is 69.6 Å². The van der Waals surface area contributed by atoms with Crippen molar-refractivity contribution in [3.63, 3.8) is 0 Å². The largest absolute Gasteiger partial charge is 0.418 e. The Bertz CT molecular complexity index is 1630. The number of aryl methyl sites for hydroxylation is 1. The minimum Gasteiger partial charge on any atom is -0.381 e. The number of aromatic nitrogens is 5. The molecule has 4 heterocycles. The zero-order chi connectivity index (χ0) is 29.1. The minimum atomic E-state index is -4.68. The Morgan fingerprint density at radius 3 is 2.49 bits per heavy atom. The lowest BCUT2D eigenvalue weighted by molar-refractivity contribution is -0.136. The third-order valence-corrected chi connectivity index (χ3v) is 8.88. The molecule has 0 radical (unpaired) electrons. The number of pyridine rings is 1. The van der Waals surface area contributed by atoms with Crippen molar-refractivity contribution in [2.75, 3.05) is 20.2 Å². The third kappa shape index (κ3) is 4.66. The van der Waals surface area contributed by atoms with E-state index in [2.05, 4.69) is 10.2 Å². The summed E-state index contributed by atoms with van der Waals surface area (Å²) >= 11 is 0. The summed E-state index contributed by atoms with van der Waals surface area (Å²) in [4.78, 5) is 15.6. The summed E-state index contributed by atoms with van der Waals surface area (Å²) in [5, 5.41) is 8.40. The normalized spacial score (nSPS) is 23.1. The van der Waals surface area contributed by atoms with Gasteiger partial charge in [-0.3, -0.25) is 13.9 Å². The molecule has 1 aliphatic carbocycles. The van der Waals surface area contributed by atoms with Gasteiger partial charge in [0.25, 0.3) is 0 Å². The molecule has 4 aromatic rings. The Hall–Kier alpha value is -3.51. The molecule has 0 amide bonds. The van der Waals surface area contributed by atoms with Crippen LogP contribution in [0.1, 0.15) is 61.2 Å². The number of halogens is 4. The van der Waals surface area contributed by atoms with Gasteiger partial charge < -0.3 is 9.30 Å². The molecule has 1 saturated carbocycles. The third-order valence-electron chi connectivity index (χ3n) is 8.88. The Balaban J connectivity index is 1.44. The molecule has 2 fully saturated rings. The fourth-order valence-electron chi connectivity index (χ4n) is 6.42. The maximum absolute atomic E-state index is 14.3. The van der Waals surface area contributed by atoms with Crippen LogP contribution in [0.4, 0.5) is 17.6 Å². The average molecular weight is 573 g/mol. The molecule has 1 aromatic carbocycles. The molecule has 1 atom stereocenters. The molecule has 218 valence electrons. The second kappa shape index (κ2) is 10.1. The molecular weight excluding hydrogens is 540 g/mol. The number of likely N-dealkylation sites (tertiary alicyclic amines) is 1. The SMILES string of the molecule is CO[C@H]1C[C@@](c2cccc(-n3cc4c(C(F)(F)F)cc([C@@H](C)N5CCC(F)CC5)cn4c3=O)c2)(c2nncn2C)C1. The second-order valence-corrected chi connectivity index (χ2v) is 11.3. The first-order chi connectivity index (χ1) is 19.5. The van der Waals surface area contributed by atoms with Gasteiger partial charge in [0.1, 0.15) is 18.3 Å². The number of methoxy groups -OCH3 is 1. The Morgan fingerprint density at radius 1 is 1.12 bits per heavy atom. The van der Waals surface area contributed by atoms with Gasteiger partial charge in [-0.1, -0.05) is 12.1 Å². The minimum absolute atomic E-state index is 0.0283. The fourth-order valence-corrected chi connectivity index (χ4v) is 6.42. The van der Waals surface area contributed by atoms with Crippen molar-refractivity contribution in [3.8, 4) is 5.69 Å². The van der Waals surface area contributed by atoms with Crippen molar-refractivity contribution in [2.24, 2.45) is 7.05 Å². The van der Waals surface area contributed by atoms with Crippen LogP contribution in [0.25, 0.3) is 11.2 Å². The van der Waals surface area contributed by atoms with E-state index in [9.17, 15) is 22.4 Å². The van der Waals surface area contributed by atoms with Crippen LogP contribution in [-0.2, 0) is 23.4 Å². The summed E-state index contributed by atoms with van der Waals surface area (Å²) < 4.78 is 66.4. The molecule has 1 aliphatic heterocycles. The van der Waals surface area contributed by atoms with Crippen molar-refractivity contribution in [1.82, 2.24) is 28.6 Å². The first-order valence-corrected chi connectivity index (χ1v) is 13.7. The molecule has 6 rings (SSSR count). The van der Waals surface area contributed by atoms with E-state index in [1.54, 1.807) is 32.5 Å². The first kappa shape index (κ1) is 27.6. The number of nitrogens with zero attached hydrogens (tertiary/aromatic N) is 6. The van der Waals surface area contributed by atoms with Gasteiger partial charge in [-0.05, 0) is 61.9 Å². The molecule has 12 heteroatoms. The highest BCUT2D eigenvalue weighted by atomic mass is 19.4. The summed E-state index contributed by atoms with van der Waals surface area (Å²) in [6, 6.07) is 7.98. The van der Waals surface area contributed by atoms with Crippen molar-refractivity contribution in [3.05, 3.63) is 82.1 Å². The van der Waals surface area contributed by atoms with Gasteiger partial charge in [-0.25, -0.2) is 9.18 Å². The summed E-state index contributed by atoms with van der Waals surface area (Å²) in [7, 11) is 3.52. The van der Waals surface area contributed by atoms with E-state index in [4.69, 9.17) is 4.74 Å². The van der Waals surface area contributed by atoms with Gasteiger partial charge in [0.15, 0.2) is 0 Å². The maximum atomic E-state index is 14.3. The summed E-state index contributed by atoms with van der Waals surface area (Å²) in [5.41, 5.74) is -0.525. The Kier molecular flexibility index (Phi) is 6.80. The van der Waals surface area contributed by atoms with E-state index in [-0.39, 0.29) is 11.6 Å². The zero-order valence-electron chi connectivity index (χ0n) is 23.1. The summed E-state index contributed by atoms with van der Waals surface area (Å²) in [6.07, 6.45) is 0.812. The van der Waals surface area contributed by atoms with Crippen LogP contribution in [0.5, 0.6) is 0 Å². The molecule has 0 bridgehead atoms. The van der Waals surface area contributed by atoms with E-state index in [1.807, 2.05) is 28.6 Å². The van der Waals surface area contributed by atoms with Gasteiger partial charge >= 0.3 is 11.9 Å². The van der Waals surface area contributed by atoms with Crippen LogP contribution in [0.2, 0.25) is 0 Å². The monoisotopic (exact) mass is 572 g/mol. The zero-order valence-corrected chi connectivity index (χ0v) is 23.1. The lowest BCUT2D eigenvalue weighted by atomic mass is 9.62. The number of rotatable bonds is 6. The van der Waals surface area contributed by atoms with Crippen LogP contribution in [0, 0.1) is 0 Å². The maximum Gasteiger partial charge on any atom is 0.418 e. The molecule has 2 aliphatic rings. The molecule has 0 spiro atoms. The number of piperidine rings is 1. The Morgan fingerprint density at radius 2 is 1.85 bits per heavy atom. The second-order valence-electron chi connectivity index (χ2n) is 11.3. The Labute approximate surface area is 234 Å². The van der Waals surface area contributed by atoms with Gasteiger partial charge in [0, 0.05) is 45.7 Å². The van der Waals surface area contributed by atoms with E-state index >= 15 is 0 Å². The predicted octanol–water partition coefficient (Wildman–Crippen LogP) is 4.83. The summed E-state index contributed by atoms with van der Waals surface area (Å²) in [5.74, 6) is 0.757. The van der Waals surface area contributed by atoms with Crippen molar-refractivity contribution in [1.29, 1.82) is 0 Å². The number of hydrogen-bond acceptors (Lipinski definition) is 5. The van der Waals surface area contributed by atoms with Crippen molar-refractivity contribution >= 4 is 5.52 Å². The molecule has 41 heavy (non-hydrogen) atoms. The van der Waals surface area contributed by atoms with E-state index in [1.165, 1.54) is 17.0 Å². The van der Waals surface area contributed by atoms with Crippen LogP contribution >= 0.6 is 0 Å². The van der Waals surface area contributed by atoms with Crippen LogP contribution in [-0.4, -0.2) is 61.1 Å². The highest BCUT2D eigenvalue weighted by Gasteiger charge is 2.50. The number of benzene rings is 1. The number of imidazole rings is 1. The quantitative estimate of drug-likeness (QED) is 0.310. The van der Waals surface area contributed by atoms with Crippen molar-refractivity contribution in [2.45, 2.75) is 62.5 Å². The number of alkyl halides is 4. The lowest BCUT2D eigenvalue weighted by Crippen LogP contribution is -2.48. The fraction of sp³-hybridized carbons (Fsp3) is 0.483. The van der Waals surface area contributed by atoms with Crippen LogP contribution in [0.3, 0.4) is 0 Å². The van der Waals surface area contributed by atoms with E-state index < -0.39 is 35.1 Å². The average Bonchev–Trinajstić information content (AvgIpc) is 3.50. The molecule has 3 aromatic heterocycles. The number of hydrogen-bond donors (Lipinski definition) is 0.